The predicted molar refractivity (Wildman–Crippen MR) is 128 cm³/mol. The van der Waals surface area contributed by atoms with Crippen molar-refractivity contribution in [3.63, 3.8) is 0 Å². The van der Waals surface area contributed by atoms with Crippen LogP contribution in [0, 0.1) is 19.3 Å². The Morgan fingerprint density at radius 2 is 1.64 bits per heavy atom. The number of aryl methyl sites for hydroxylation is 2. The van der Waals surface area contributed by atoms with E-state index in [0.717, 1.165) is 11.1 Å². The number of aromatic nitrogens is 1. The maximum Gasteiger partial charge on any atom is 0.366 e. The molecule has 0 saturated carbocycles. The maximum absolute atomic E-state index is 13.5. The molecule has 0 aliphatic heterocycles. The lowest BCUT2D eigenvalue weighted by molar-refractivity contribution is -0.143. The van der Waals surface area contributed by atoms with Gasteiger partial charge in [0.25, 0.3) is 5.91 Å². The summed E-state index contributed by atoms with van der Waals surface area (Å²) in [4.78, 5) is 25.4. The fourth-order valence-electron chi connectivity index (χ4n) is 3.77. The van der Waals surface area contributed by atoms with E-state index in [1.54, 1.807) is 39.0 Å². The zero-order chi connectivity index (χ0) is 24.6. The molecule has 3 N–H and O–H groups in total. The van der Waals surface area contributed by atoms with Crippen molar-refractivity contribution in [2.75, 3.05) is 5.32 Å². The molecule has 0 bridgehead atoms. The van der Waals surface area contributed by atoms with Gasteiger partial charge in [0.05, 0.1) is 16.7 Å². The second kappa shape index (κ2) is 8.72. The van der Waals surface area contributed by atoms with Crippen LogP contribution in [0.2, 0.25) is 0 Å². The van der Waals surface area contributed by atoms with Crippen molar-refractivity contribution in [3.05, 3.63) is 69.7 Å². The Morgan fingerprint density at radius 1 is 1.00 bits per heavy atom. The molecular formula is C26H32N2O5. The van der Waals surface area contributed by atoms with E-state index < -0.39 is 28.1 Å². The lowest BCUT2D eigenvalue weighted by atomic mass is 9.68. The second-order valence-corrected chi connectivity index (χ2v) is 10.1. The number of anilines is 1. The van der Waals surface area contributed by atoms with Gasteiger partial charge >= 0.3 is 5.63 Å². The summed E-state index contributed by atoms with van der Waals surface area (Å²) in [6, 6.07) is 12.4. The summed E-state index contributed by atoms with van der Waals surface area (Å²) in [5, 5.41) is 29.8. The topological polar surface area (TPSA) is 113 Å². The summed E-state index contributed by atoms with van der Waals surface area (Å²) in [6.45, 7) is 10.7. The molecule has 33 heavy (non-hydrogen) atoms. The van der Waals surface area contributed by atoms with E-state index in [0.29, 0.717) is 22.2 Å². The number of fused-ring (bicyclic) bond motifs is 1. The fourth-order valence-corrected chi connectivity index (χ4v) is 3.77. The molecule has 1 unspecified atom stereocenters. The molecule has 0 radical (unpaired) electrons. The van der Waals surface area contributed by atoms with Crippen molar-refractivity contribution in [2.24, 2.45) is 5.41 Å². The van der Waals surface area contributed by atoms with Crippen molar-refractivity contribution in [1.29, 1.82) is 0 Å². The molecule has 0 saturated heterocycles. The third kappa shape index (κ3) is 5.31. The number of carbonyl (C=O) groups is 1. The maximum atomic E-state index is 13.5. The Labute approximate surface area is 193 Å². The Bertz CT molecular complexity index is 1220. The average Bonchev–Trinajstić information content (AvgIpc) is 2.71. The van der Waals surface area contributed by atoms with Gasteiger partial charge in [-0.05, 0) is 63.3 Å². The molecule has 3 aromatic rings. The van der Waals surface area contributed by atoms with Crippen molar-refractivity contribution in [2.45, 2.75) is 65.6 Å². The number of benzene rings is 2. The highest BCUT2D eigenvalue weighted by molar-refractivity contribution is 5.99. The first-order chi connectivity index (χ1) is 15.2. The highest BCUT2D eigenvalue weighted by Crippen LogP contribution is 2.40. The Balaban J connectivity index is 1.98. The number of hydrogen-bond acceptors (Lipinski definition) is 6. The molecule has 176 valence electrons. The van der Waals surface area contributed by atoms with Gasteiger partial charge in [-0.2, -0.15) is 0 Å². The zero-order valence-corrected chi connectivity index (χ0v) is 20.0. The van der Waals surface area contributed by atoms with E-state index in [9.17, 15) is 19.8 Å². The molecular weight excluding hydrogens is 420 g/mol. The summed E-state index contributed by atoms with van der Waals surface area (Å²) in [5.41, 5.74) is -1.44. The molecule has 0 aliphatic carbocycles. The van der Waals surface area contributed by atoms with Crippen LogP contribution in [0.25, 0.3) is 10.8 Å². The molecule has 1 heterocycles. The first kappa shape index (κ1) is 24.6. The van der Waals surface area contributed by atoms with Crippen LogP contribution < -0.4 is 10.9 Å². The van der Waals surface area contributed by atoms with E-state index >= 15 is 0 Å². The highest BCUT2D eigenvalue weighted by atomic mass is 16.5. The van der Waals surface area contributed by atoms with Gasteiger partial charge in [-0.15, -0.1) is 0 Å². The Hall–Kier alpha value is -3.03. The van der Waals surface area contributed by atoms with Gasteiger partial charge in [0.15, 0.2) is 0 Å². The fraction of sp³-hybridized carbons (Fsp3) is 0.423. The van der Waals surface area contributed by atoms with Crippen LogP contribution in [0.3, 0.4) is 0 Å². The average molecular weight is 453 g/mol. The van der Waals surface area contributed by atoms with E-state index in [-0.39, 0.29) is 12.8 Å². The minimum absolute atomic E-state index is 0.0287. The molecule has 7 nitrogen and oxygen atoms in total. The monoisotopic (exact) mass is 452 g/mol. The Kier molecular flexibility index (Phi) is 6.51. The van der Waals surface area contributed by atoms with Crippen molar-refractivity contribution in [1.82, 2.24) is 5.16 Å². The number of nitrogens with zero attached hydrogens (tertiary/aromatic N) is 1. The van der Waals surface area contributed by atoms with Gasteiger partial charge in [0.1, 0.15) is 5.60 Å². The SMILES string of the molecule is Cc1ccc(CC(O)(CC(C)(C)C(C)(C)O)C(=O)Nc2ccc3c(=O)onc(C)c3c2)cc1. The molecule has 0 spiro atoms. The third-order valence-corrected chi connectivity index (χ3v) is 6.58. The minimum Gasteiger partial charge on any atom is -0.390 e. The summed E-state index contributed by atoms with van der Waals surface area (Å²) in [6.07, 6.45) is 0.108. The Morgan fingerprint density at radius 3 is 2.24 bits per heavy atom. The van der Waals surface area contributed by atoms with Crippen LogP contribution in [0.5, 0.6) is 0 Å². The van der Waals surface area contributed by atoms with Crippen molar-refractivity contribution in [3.8, 4) is 0 Å². The normalized spacial score (nSPS) is 14.2. The number of carbonyl (C=O) groups excluding carboxylic acids is 1. The van der Waals surface area contributed by atoms with Crippen LogP contribution in [0.15, 0.2) is 51.8 Å². The van der Waals surface area contributed by atoms with Crippen LogP contribution in [-0.4, -0.2) is 32.5 Å². The number of amides is 1. The lowest BCUT2D eigenvalue weighted by Gasteiger charge is -2.42. The van der Waals surface area contributed by atoms with Crippen LogP contribution in [0.1, 0.15) is 50.9 Å². The molecule has 0 aliphatic rings. The van der Waals surface area contributed by atoms with E-state index in [1.165, 1.54) is 0 Å². The van der Waals surface area contributed by atoms with E-state index in [1.807, 2.05) is 45.0 Å². The molecule has 0 fully saturated rings. The number of nitrogens with one attached hydrogen (secondary N) is 1. The smallest absolute Gasteiger partial charge is 0.366 e. The standard InChI is InChI=1S/C26H32N2O5/c1-16-7-9-18(10-8-16)14-26(32,15-24(3,4)25(5,6)31)23(30)27-19-11-12-20-21(13-19)17(2)28-33-22(20)29/h7-13,31-32H,14-15H2,1-6H3,(H,27,30). The van der Waals surface area contributed by atoms with Gasteiger partial charge < -0.3 is 20.1 Å². The summed E-state index contributed by atoms with van der Waals surface area (Å²) >= 11 is 0. The van der Waals surface area contributed by atoms with Gasteiger partial charge in [0, 0.05) is 17.5 Å². The van der Waals surface area contributed by atoms with Gasteiger partial charge in [0.2, 0.25) is 0 Å². The minimum atomic E-state index is -1.79. The first-order valence-electron chi connectivity index (χ1n) is 10.9. The van der Waals surface area contributed by atoms with Crippen molar-refractivity contribution < 1.29 is 19.5 Å². The first-order valence-corrected chi connectivity index (χ1v) is 10.9. The van der Waals surface area contributed by atoms with E-state index in [4.69, 9.17) is 4.52 Å². The van der Waals surface area contributed by atoms with E-state index in [2.05, 4.69) is 10.5 Å². The van der Waals surface area contributed by atoms with Crippen molar-refractivity contribution >= 4 is 22.4 Å². The summed E-state index contributed by atoms with van der Waals surface area (Å²) in [7, 11) is 0. The quantitative estimate of drug-likeness (QED) is 0.501. The molecule has 3 rings (SSSR count). The van der Waals surface area contributed by atoms with Gasteiger partial charge in [-0.1, -0.05) is 48.8 Å². The van der Waals surface area contributed by atoms with Crippen LogP contribution in [-0.2, 0) is 11.2 Å². The molecule has 1 aromatic heterocycles. The number of aliphatic hydroxyl groups is 2. The third-order valence-electron chi connectivity index (χ3n) is 6.58. The summed E-state index contributed by atoms with van der Waals surface area (Å²) in [5.74, 6) is -0.590. The van der Waals surface area contributed by atoms with Gasteiger partial charge in [-0.25, -0.2) is 4.79 Å². The lowest BCUT2D eigenvalue weighted by Crippen LogP contribution is -2.52. The van der Waals surface area contributed by atoms with Gasteiger partial charge in [-0.3, -0.25) is 4.79 Å². The summed E-state index contributed by atoms with van der Waals surface area (Å²) < 4.78 is 4.75. The zero-order valence-electron chi connectivity index (χ0n) is 20.0. The highest BCUT2D eigenvalue weighted by Gasteiger charge is 2.46. The number of hydrogen-bond donors (Lipinski definition) is 3. The molecule has 1 amide bonds. The molecule has 2 aromatic carbocycles. The second-order valence-electron chi connectivity index (χ2n) is 10.1. The van der Waals surface area contributed by atoms with Crippen LogP contribution in [0.4, 0.5) is 5.69 Å². The number of rotatable bonds is 7. The largest absolute Gasteiger partial charge is 0.390 e. The molecule has 7 heteroatoms. The predicted octanol–water partition coefficient (Wildman–Crippen LogP) is 3.90. The van der Waals surface area contributed by atoms with Crippen LogP contribution >= 0.6 is 0 Å². The molecule has 1 atom stereocenters.